The van der Waals surface area contributed by atoms with Crippen LogP contribution in [0.5, 0.6) is 0 Å². The minimum Gasteiger partial charge on any atom is -0.383 e. The SMILES string of the molecule is CC(C)(C)c1ccc(S(=O)(=O)NCC(C)(O)c2cccs2)cc1. The van der Waals surface area contributed by atoms with Crippen LogP contribution in [0.15, 0.2) is 46.7 Å². The number of hydrogen-bond donors (Lipinski definition) is 2. The maximum atomic E-state index is 12.4. The summed E-state index contributed by atoms with van der Waals surface area (Å²) in [5.74, 6) is 0. The van der Waals surface area contributed by atoms with Crippen LogP contribution < -0.4 is 4.72 Å². The third-order valence-corrected chi connectivity index (χ3v) is 6.23. The van der Waals surface area contributed by atoms with E-state index in [1.54, 1.807) is 25.1 Å². The van der Waals surface area contributed by atoms with Gasteiger partial charge in [-0.3, -0.25) is 0 Å². The molecule has 0 aliphatic heterocycles. The van der Waals surface area contributed by atoms with Gasteiger partial charge in [-0.25, -0.2) is 13.1 Å². The Morgan fingerprint density at radius 3 is 2.17 bits per heavy atom. The zero-order valence-corrected chi connectivity index (χ0v) is 15.5. The van der Waals surface area contributed by atoms with Crippen molar-refractivity contribution in [3.8, 4) is 0 Å². The van der Waals surface area contributed by atoms with E-state index >= 15 is 0 Å². The molecular weight excluding hydrogens is 330 g/mol. The first kappa shape index (κ1) is 18.1. The molecule has 0 aliphatic rings. The van der Waals surface area contributed by atoms with E-state index < -0.39 is 15.6 Å². The number of nitrogens with one attached hydrogen (secondary N) is 1. The molecule has 1 aromatic carbocycles. The molecule has 1 heterocycles. The summed E-state index contributed by atoms with van der Waals surface area (Å²) in [5.41, 5.74) is -0.187. The van der Waals surface area contributed by atoms with Crippen LogP contribution in [-0.2, 0) is 21.0 Å². The number of rotatable bonds is 5. The molecule has 0 spiro atoms. The van der Waals surface area contributed by atoms with Gasteiger partial charge in [-0.05, 0) is 41.5 Å². The van der Waals surface area contributed by atoms with Gasteiger partial charge in [-0.1, -0.05) is 39.0 Å². The van der Waals surface area contributed by atoms with Crippen molar-refractivity contribution in [2.24, 2.45) is 0 Å². The summed E-state index contributed by atoms with van der Waals surface area (Å²) in [7, 11) is -3.65. The lowest BCUT2D eigenvalue weighted by atomic mass is 9.87. The molecule has 2 aromatic rings. The molecule has 0 fully saturated rings. The molecule has 0 bridgehead atoms. The summed E-state index contributed by atoms with van der Waals surface area (Å²) in [6.07, 6.45) is 0. The molecule has 0 saturated heterocycles. The average Bonchev–Trinajstić information content (AvgIpc) is 3.00. The summed E-state index contributed by atoms with van der Waals surface area (Å²) in [4.78, 5) is 0.927. The Hall–Kier alpha value is -1.21. The summed E-state index contributed by atoms with van der Waals surface area (Å²) in [5, 5.41) is 12.3. The molecule has 1 unspecified atom stereocenters. The van der Waals surface area contributed by atoms with Gasteiger partial charge >= 0.3 is 0 Å². The molecule has 126 valence electrons. The molecule has 4 nitrogen and oxygen atoms in total. The number of thiophene rings is 1. The van der Waals surface area contributed by atoms with Crippen molar-refractivity contribution in [2.75, 3.05) is 6.54 Å². The van der Waals surface area contributed by atoms with Gasteiger partial charge in [0.25, 0.3) is 0 Å². The maximum Gasteiger partial charge on any atom is 0.240 e. The lowest BCUT2D eigenvalue weighted by Crippen LogP contribution is -2.38. The van der Waals surface area contributed by atoms with Gasteiger partial charge in [0.05, 0.1) is 4.90 Å². The van der Waals surface area contributed by atoms with Crippen molar-refractivity contribution in [1.82, 2.24) is 4.72 Å². The van der Waals surface area contributed by atoms with E-state index in [2.05, 4.69) is 25.5 Å². The molecule has 6 heteroatoms. The highest BCUT2D eigenvalue weighted by molar-refractivity contribution is 7.89. The van der Waals surface area contributed by atoms with E-state index in [0.29, 0.717) is 0 Å². The predicted molar refractivity (Wildman–Crippen MR) is 94.2 cm³/mol. The van der Waals surface area contributed by atoms with E-state index in [1.807, 2.05) is 23.6 Å². The zero-order chi connectivity index (χ0) is 17.3. The summed E-state index contributed by atoms with van der Waals surface area (Å²) in [6.45, 7) is 7.76. The first-order valence-electron chi connectivity index (χ1n) is 7.39. The number of aliphatic hydroxyl groups is 1. The van der Waals surface area contributed by atoms with E-state index in [-0.39, 0.29) is 16.9 Å². The highest BCUT2D eigenvalue weighted by Gasteiger charge is 2.27. The third kappa shape index (κ3) is 4.41. The third-order valence-electron chi connectivity index (χ3n) is 3.69. The van der Waals surface area contributed by atoms with Crippen molar-refractivity contribution in [3.63, 3.8) is 0 Å². The quantitative estimate of drug-likeness (QED) is 0.867. The standard InChI is InChI=1S/C17H23NO3S2/c1-16(2,3)13-7-9-14(10-8-13)23(20,21)18-12-17(4,19)15-6-5-11-22-15/h5-11,18-19H,12H2,1-4H3. The van der Waals surface area contributed by atoms with Gasteiger partial charge in [0.15, 0.2) is 0 Å². The van der Waals surface area contributed by atoms with E-state index in [0.717, 1.165) is 10.4 Å². The van der Waals surface area contributed by atoms with Gasteiger partial charge in [0.1, 0.15) is 5.60 Å². The second-order valence-electron chi connectivity index (χ2n) is 6.85. The van der Waals surface area contributed by atoms with Crippen molar-refractivity contribution < 1.29 is 13.5 Å². The normalized spacial score (nSPS) is 15.3. The Morgan fingerprint density at radius 1 is 1.09 bits per heavy atom. The van der Waals surface area contributed by atoms with Crippen LogP contribution in [0.4, 0.5) is 0 Å². The molecule has 0 saturated carbocycles. The molecule has 0 amide bonds. The van der Waals surface area contributed by atoms with Crippen LogP contribution in [0.2, 0.25) is 0 Å². The Bertz CT molecular complexity index is 740. The van der Waals surface area contributed by atoms with Crippen LogP contribution in [0, 0.1) is 0 Å². The predicted octanol–water partition coefficient (Wildman–Crippen LogP) is 3.23. The molecular formula is C17H23NO3S2. The minimum absolute atomic E-state index is 0.0292. The van der Waals surface area contributed by atoms with Crippen molar-refractivity contribution >= 4 is 21.4 Å². The van der Waals surface area contributed by atoms with Gasteiger partial charge in [-0.2, -0.15) is 0 Å². The van der Waals surface area contributed by atoms with Crippen LogP contribution in [0.3, 0.4) is 0 Å². The molecule has 1 aromatic heterocycles. The van der Waals surface area contributed by atoms with Crippen molar-refractivity contribution in [3.05, 3.63) is 52.2 Å². The minimum atomic E-state index is -3.65. The monoisotopic (exact) mass is 353 g/mol. The van der Waals surface area contributed by atoms with Crippen molar-refractivity contribution in [2.45, 2.75) is 43.6 Å². The molecule has 0 aliphatic carbocycles. The summed E-state index contributed by atoms with van der Waals surface area (Å²) >= 11 is 1.40. The van der Waals surface area contributed by atoms with Crippen molar-refractivity contribution in [1.29, 1.82) is 0 Å². The summed E-state index contributed by atoms with van der Waals surface area (Å²) < 4.78 is 27.3. The average molecular weight is 354 g/mol. The van der Waals surface area contributed by atoms with Crippen LogP contribution in [0.25, 0.3) is 0 Å². The maximum absolute atomic E-state index is 12.4. The molecule has 0 radical (unpaired) electrons. The van der Waals surface area contributed by atoms with Crippen LogP contribution >= 0.6 is 11.3 Å². The zero-order valence-electron chi connectivity index (χ0n) is 13.8. The number of benzene rings is 1. The number of sulfonamides is 1. The van der Waals surface area contributed by atoms with E-state index in [9.17, 15) is 13.5 Å². The number of hydrogen-bond acceptors (Lipinski definition) is 4. The highest BCUT2D eigenvalue weighted by atomic mass is 32.2. The fraction of sp³-hybridized carbons (Fsp3) is 0.412. The van der Waals surface area contributed by atoms with Gasteiger partial charge < -0.3 is 5.11 Å². The van der Waals surface area contributed by atoms with Gasteiger partial charge in [0.2, 0.25) is 10.0 Å². The first-order valence-corrected chi connectivity index (χ1v) is 9.75. The Labute approximate surface area is 142 Å². The largest absolute Gasteiger partial charge is 0.383 e. The summed E-state index contributed by atoms with van der Waals surface area (Å²) in [6, 6.07) is 10.5. The fourth-order valence-electron chi connectivity index (χ4n) is 2.13. The van der Waals surface area contributed by atoms with Gasteiger partial charge in [-0.15, -0.1) is 11.3 Å². The smallest absolute Gasteiger partial charge is 0.240 e. The molecule has 1 atom stereocenters. The van der Waals surface area contributed by atoms with Crippen LogP contribution in [0.1, 0.15) is 38.1 Å². The second kappa shape index (κ2) is 6.36. The molecule has 2 N–H and O–H groups in total. The van der Waals surface area contributed by atoms with Gasteiger partial charge in [0, 0.05) is 11.4 Å². The molecule has 23 heavy (non-hydrogen) atoms. The molecule has 2 rings (SSSR count). The highest BCUT2D eigenvalue weighted by Crippen LogP contribution is 2.26. The first-order chi connectivity index (χ1) is 10.5. The topological polar surface area (TPSA) is 66.4 Å². The lowest BCUT2D eigenvalue weighted by Gasteiger charge is -2.22. The fourth-order valence-corrected chi connectivity index (χ4v) is 4.04. The lowest BCUT2D eigenvalue weighted by molar-refractivity contribution is 0.0666. The Kier molecular flexibility index (Phi) is 5.01. The van der Waals surface area contributed by atoms with Crippen LogP contribution in [-0.4, -0.2) is 20.1 Å². The Balaban J connectivity index is 2.13. The van der Waals surface area contributed by atoms with E-state index in [1.165, 1.54) is 11.3 Å². The van der Waals surface area contributed by atoms with E-state index in [4.69, 9.17) is 0 Å². The Morgan fingerprint density at radius 2 is 1.70 bits per heavy atom. The second-order valence-corrected chi connectivity index (χ2v) is 9.56.